The number of halogens is 2. The van der Waals surface area contributed by atoms with Crippen LogP contribution in [0.15, 0.2) is 11.7 Å². The lowest BCUT2D eigenvalue weighted by molar-refractivity contribution is 0.109. The van der Waals surface area contributed by atoms with Gasteiger partial charge in [-0.25, -0.2) is 0 Å². The average Bonchev–Trinajstić information content (AvgIpc) is 2.38. The summed E-state index contributed by atoms with van der Waals surface area (Å²) in [5.74, 6) is 0.802. The van der Waals surface area contributed by atoms with E-state index < -0.39 is 6.08 Å². The molecule has 3 heteroatoms. The van der Waals surface area contributed by atoms with Gasteiger partial charge < -0.3 is 4.74 Å². The molecule has 2 atom stereocenters. The van der Waals surface area contributed by atoms with Crippen LogP contribution in [-0.2, 0) is 4.74 Å². The highest BCUT2D eigenvalue weighted by molar-refractivity contribution is 5.06. The van der Waals surface area contributed by atoms with Crippen LogP contribution in [0.2, 0.25) is 0 Å². The van der Waals surface area contributed by atoms with Crippen LogP contribution < -0.4 is 0 Å². The molecule has 14 heavy (non-hydrogen) atoms. The Labute approximate surface area is 84.1 Å². The standard InChI is InChI=1S/C11H18F2O/c1-3-8-5-10(11(12)13)7-14-6-9(8)4-2/h8-9H,3-7H2,1-2H3. The lowest BCUT2D eigenvalue weighted by Gasteiger charge is -2.21. The summed E-state index contributed by atoms with van der Waals surface area (Å²) < 4.78 is 30.1. The molecular weight excluding hydrogens is 186 g/mol. The van der Waals surface area contributed by atoms with Gasteiger partial charge in [0.2, 0.25) is 0 Å². The van der Waals surface area contributed by atoms with E-state index in [-0.39, 0.29) is 12.2 Å². The van der Waals surface area contributed by atoms with Crippen molar-refractivity contribution < 1.29 is 13.5 Å². The summed E-state index contributed by atoms with van der Waals surface area (Å²) in [5.41, 5.74) is 0.202. The van der Waals surface area contributed by atoms with Crippen LogP contribution in [0.5, 0.6) is 0 Å². The van der Waals surface area contributed by atoms with Gasteiger partial charge in [-0.3, -0.25) is 0 Å². The lowest BCUT2D eigenvalue weighted by Crippen LogP contribution is -2.16. The maximum Gasteiger partial charge on any atom is 0.271 e. The van der Waals surface area contributed by atoms with Crippen LogP contribution in [0.25, 0.3) is 0 Å². The van der Waals surface area contributed by atoms with E-state index in [0.717, 1.165) is 12.8 Å². The minimum absolute atomic E-state index is 0.120. The Morgan fingerprint density at radius 2 is 1.93 bits per heavy atom. The summed E-state index contributed by atoms with van der Waals surface area (Å²) in [4.78, 5) is 0. The van der Waals surface area contributed by atoms with Crippen LogP contribution in [0, 0.1) is 11.8 Å². The van der Waals surface area contributed by atoms with Gasteiger partial charge in [0.1, 0.15) is 0 Å². The average molecular weight is 204 g/mol. The predicted octanol–water partition coefficient (Wildman–Crippen LogP) is 3.61. The third-order valence-corrected chi connectivity index (χ3v) is 3.10. The maximum atomic E-state index is 12.4. The molecule has 1 saturated heterocycles. The molecule has 0 aliphatic carbocycles. The van der Waals surface area contributed by atoms with E-state index in [1.165, 1.54) is 0 Å². The van der Waals surface area contributed by atoms with Gasteiger partial charge in [0.15, 0.2) is 0 Å². The van der Waals surface area contributed by atoms with Gasteiger partial charge in [0.05, 0.1) is 13.2 Å². The molecule has 0 amide bonds. The quantitative estimate of drug-likeness (QED) is 0.667. The second kappa shape index (κ2) is 5.44. The van der Waals surface area contributed by atoms with Crippen LogP contribution in [0.4, 0.5) is 8.78 Å². The smallest absolute Gasteiger partial charge is 0.271 e. The second-order valence-corrected chi connectivity index (χ2v) is 3.92. The molecule has 1 aliphatic heterocycles. The molecular formula is C11H18F2O. The number of rotatable bonds is 2. The summed E-state index contributed by atoms with van der Waals surface area (Å²) in [6.45, 7) is 4.91. The van der Waals surface area contributed by atoms with Crippen LogP contribution >= 0.6 is 0 Å². The van der Waals surface area contributed by atoms with E-state index in [1.54, 1.807) is 0 Å². The first-order chi connectivity index (χ1) is 6.69. The van der Waals surface area contributed by atoms with Crippen molar-refractivity contribution in [3.8, 4) is 0 Å². The number of hydrogen-bond acceptors (Lipinski definition) is 1. The van der Waals surface area contributed by atoms with E-state index in [9.17, 15) is 8.78 Å². The summed E-state index contributed by atoms with van der Waals surface area (Å²) in [6, 6.07) is 0. The Balaban J connectivity index is 2.72. The van der Waals surface area contributed by atoms with Crippen molar-refractivity contribution in [1.82, 2.24) is 0 Å². The number of ether oxygens (including phenoxy) is 1. The van der Waals surface area contributed by atoms with Crippen LogP contribution in [-0.4, -0.2) is 13.2 Å². The SMILES string of the molecule is CCC1COCC(=C(F)F)CC1CC. The molecule has 1 heterocycles. The fourth-order valence-electron chi connectivity index (χ4n) is 2.07. The molecule has 0 aromatic heterocycles. The van der Waals surface area contributed by atoms with Crippen molar-refractivity contribution in [2.24, 2.45) is 11.8 Å². The Bertz CT molecular complexity index is 209. The monoisotopic (exact) mass is 204 g/mol. The van der Waals surface area contributed by atoms with E-state index in [1.807, 2.05) is 0 Å². The van der Waals surface area contributed by atoms with Crippen LogP contribution in [0.3, 0.4) is 0 Å². The van der Waals surface area contributed by atoms with Gasteiger partial charge in [-0.15, -0.1) is 0 Å². The van der Waals surface area contributed by atoms with Gasteiger partial charge in [0.25, 0.3) is 6.08 Å². The molecule has 0 bridgehead atoms. The first-order valence-electron chi connectivity index (χ1n) is 5.29. The van der Waals surface area contributed by atoms with E-state index >= 15 is 0 Å². The van der Waals surface area contributed by atoms with Gasteiger partial charge >= 0.3 is 0 Å². The van der Waals surface area contributed by atoms with Crippen LogP contribution in [0.1, 0.15) is 33.1 Å². The molecule has 0 saturated carbocycles. The lowest BCUT2D eigenvalue weighted by atomic mass is 9.85. The first-order valence-corrected chi connectivity index (χ1v) is 5.29. The Kier molecular flexibility index (Phi) is 4.52. The summed E-state index contributed by atoms with van der Waals surface area (Å²) >= 11 is 0. The van der Waals surface area contributed by atoms with Gasteiger partial charge in [-0.2, -0.15) is 8.78 Å². The Morgan fingerprint density at radius 3 is 2.43 bits per heavy atom. The fourth-order valence-corrected chi connectivity index (χ4v) is 2.07. The normalized spacial score (nSPS) is 28.7. The zero-order valence-electron chi connectivity index (χ0n) is 8.85. The molecule has 1 rings (SSSR count). The van der Waals surface area contributed by atoms with E-state index in [4.69, 9.17) is 4.74 Å². The van der Waals surface area contributed by atoms with Crippen molar-refractivity contribution >= 4 is 0 Å². The molecule has 0 aromatic carbocycles. The minimum Gasteiger partial charge on any atom is -0.377 e. The van der Waals surface area contributed by atoms with Gasteiger partial charge in [-0.1, -0.05) is 26.7 Å². The second-order valence-electron chi connectivity index (χ2n) is 3.92. The van der Waals surface area contributed by atoms with Crippen molar-refractivity contribution in [3.05, 3.63) is 11.7 Å². The summed E-state index contributed by atoms with van der Waals surface area (Å²) in [7, 11) is 0. The van der Waals surface area contributed by atoms with Gasteiger partial charge in [0, 0.05) is 5.57 Å². The highest BCUT2D eigenvalue weighted by atomic mass is 19.3. The predicted molar refractivity (Wildman–Crippen MR) is 52.2 cm³/mol. The maximum absolute atomic E-state index is 12.4. The van der Waals surface area contributed by atoms with Crippen molar-refractivity contribution in [2.45, 2.75) is 33.1 Å². The Morgan fingerprint density at radius 1 is 1.29 bits per heavy atom. The third kappa shape index (κ3) is 2.77. The number of hydrogen-bond donors (Lipinski definition) is 0. The van der Waals surface area contributed by atoms with Crippen molar-refractivity contribution in [3.63, 3.8) is 0 Å². The molecule has 1 nitrogen and oxygen atoms in total. The highest BCUT2D eigenvalue weighted by Crippen LogP contribution is 2.31. The van der Waals surface area contributed by atoms with Crippen molar-refractivity contribution in [2.75, 3.05) is 13.2 Å². The molecule has 0 aromatic rings. The van der Waals surface area contributed by atoms with Gasteiger partial charge in [-0.05, 0) is 18.3 Å². The fraction of sp³-hybridized carbons (Fsp3) is 0.818. The zero-order chi connectivity index (χ0) is 10.6. The molecule has 82 valence electrons. The largest absolute Gasteiger partial charge is 0.377 e. The van der Waals surface area contributed by atoms with Crippen molar-refractivity contribution in [1.29, 1.82) is 0 Å². The highest BCUT2D eigenvalue weighted by Gasteiger charge is 2.25. The molecule has 2 unspecified atom stereocenters. The van der Waals surface area contributed by atoms with E-state index in [0.29, 0.717) is 24.9 Å². The summed E-state index contributed by atoms with van der Waals surface area (Å²) in [6.07, 6.45) is 0.940. The first kappa shape index (κ1) is 11.6. The summed E-state index contributed by atoms with van der Waals surface area (Å²) in [5, 5.41) is 0. The molecule has 1 aliphatic rings. The zero-order valence-corrected chi connectivity index (χ0v) is 8.85. The molecule has 0 radical (unpaired) electrons. The topological polar surface area (TPSA) is 9.23 Å². The molecule has 1 fully saturated rings. The van der Waals surface area contributed by atoms with E-state index in [2.05, 4.69) is 13.8 Å². The molecule has 0 N–H and O–H groups in total. The third-order valence-electron chi connectivity index (χ3n) is 3.10. The Hall–Kier alpha value is -0.440. The molecule has 0 spiro atoms. The minimum atomic E-state index is -1.54.